The summed E-state index contributed by atoms with van der Waals surface area (Å²) >= 11 is 0. The van der Waals surface area contributed by atoms with Crippen molar-refractivity contribution in [3.05, 3.63) is 24.3 Å². The van der Waals surface area contributed by atoms with Crippen molar-refractivity contribution in [2.75, 3.05) is 13.2 Å². The summed E-state index contributed by atoms with van der Waals surface area (Å²) in [4.78, 5) is 24.3. The molecule has 0 spiro atoms. The van der Waals surface area contributed by atoms with Crippen LogP contribution in [0.1, 0.15) is 219 Å². The molecule has 1 N–H and O–H groups in total. The van der Waals surface area contributed by atoms with Gasteiger partial charge in [-0.25, -0.2) is 0 Å². The van der Waals surface area contributed by atoms with Crippen molar-refractivity contribution in [3.8, 4) is 0 Å². The van der Waals surface area contributed by atoms with Crippen LogP contribution in [0.25, 0.3) is 0 Å². The van der Waals surface area contributed by atoms with Crippen molar-refractivity contribution < 1.29 is 24.2 Å². The highest BCUT2D eigenvalue weighted by Gasteiger charge is 2.16. The number of carbonyl (C=O) groups is 2. The van der Waals surface area contributed by atoms with E-state index in [4.69, 9.17) is 9.47 Å². The molecule has 282 valence electrons. The van der Waals surface area contributed by atoms with E-state index in [-0.39, 0.29) is 25.2 Å². The second kappa shape index (κ2) is 39.8. The molecular weight excluding hydrogens is 596 g/mol. The van der Waals surface area contributed by atoms with Crippen LogP contribution in [0, 0.1) is 0 Å². The van der Waals surface area contributed by atoms with Gasteiger partial charge in [0.1, 0.15) is 6.61 Å². The van der Waals surface area contributed by atoms with E-state index in [0.29, 0.717) is 12.8 Å². The summed E-state index contributed by atoms with van der Waals surface area (Å²) in [5.41, 5.74) is 0. The maximum atomic E-state index is 12.2. The molecule has 0 aliphatic carbocycles. The van der Waals surface area contributed by atoms with Crippen LogP contribution in [0.3, 0.4) is 0 Å². The number of aliphatic hydroxyl groups excluding tert-OH is 1. The fourth-order valence-electron chi connectivity index (χ4n) is 6.01. The highest BCUT2D eigenvalue weighted by molar-refractivity contribution is 5.70. The van der Waals surface area contributed by atoms with E-state index in [1.54, 1.807) is 0 Å². The molecule has 0 aliphatic heterocycles. The van der Waals surface area contributed by atoms with Gasteiger partial charge in [0.15, 0.2) is 6.10 Å². The van der Waals surface area contributed by atoms with Crippen molar-refractivity contribution in [1.82, 2.24) is 0 Å². The van der Waals surface area contributed by atoms with Gasteiger partial charge < -0.3 is 14.6 Å². The molecule has 0 heterocycles. The van der Waals surface area contributed by atoms with E-state index in [0.717, 1.165) is 38.5 Å². The van der Waals surface area contributed by atoms with Crippen LogP contribution in [-0.4, -0.2) is 36.4 Å². The van der Waals surface area contributed by atoms with Crippen LogP contribution >= 0.6 is 0 Å². The zero-order valence-corrected chi connectivity index (χ0v) is 32.0. The lowest BCUT2D eigenvalue weighted by molar-refractivity contribution is -0.161. The van der Waals surface area contributed by atoms with Gasteiger partial charge in [0.05, 0.1) is 6.61 Å². The lowest BCUT2D eigenvalue weighted by Gasteiger charge is -2.15. The lowest BCUT2D eigenvalue weighted by Crippen LogP contribution is -2.28. The second-order valence-corrected chi connectivity index (χ2v) is 14.1. The first kappa shape index (κ1) is 46.4. The topological polar surface area (TPSA) is 72.8 Å². The summed E-state index contributed by atoms with van der Waals surface area (Å²) in [6.45, 7) is 4.13. The molecule has 0 unspecified atom stereocenters. The first-order chi connectivity index (χ1) is 23.6. The normalized spacial score (nSPS) is 12.3. The van der Waals surface area contributed by atoms with Gasteiger partial charge in [0, 0.05) is 12.8 Å². The Morgan fingerprint density at radius 2 is 0.771 bits per heavy atom. The SMILES string of the molecule is CCCCCCCC/C=C/CCCCCCCCCC(=O)OC[C@H](CO)OC(=O)CCCCCCCCC/C=C/CCCCCCCC. The van der Waals surface area contributed by atoms with Crippen LogP contribution < -0.4 is 0 Å². The molecule has 5 heteroatoms. The Morgan fingerprint density at radius 3 is 1.12 bits per heavy atom. The minimum atomic E-state index is -0.772. The molecule has 5 nitrogen and oxygen atoms in total. The molecule has 0 bridgehead atoms. The Labute approximate surface area is 298 Å². The Balaban J connectivity index is 3.53. The Kier molecular flexibility index (Phi) is 38.5. The average molecular weight is 677 g/mol. The highest BCUT2D eigenvalue weighted by Crippen LogP contribution is 2.14. The summed E-state index contributed by atoms with van der Waals surface area (Å²) < 4.78 is 10.6. The third-order valence-corrected chi connectivity index (χ3v) is 9.22. The average Bonchev–Trinajstić information content (AvgIpc) is 3.09. The minimum absolute atomic E-state index is 0.0668. The third kappa shape index (κ3) is 37.2. The van der Waals surface area contributed by atoms with Crippen molar-refractivity contribution in [3.63, 3.8) is 0 Å². The van der Waals surface area contributed by atoms with Gasteiger partial charge in [-0.3, -0.25) is 9.59 Å². The quantitative estimate of drug-likeness (QED) is 0.0400. The van der Waals surface area contributed by atoms with Crippen molar-refractivity contribution in [2.45, 2.75) is 225 Å². The van der Waals surface area contributed by atoms with Crippen LogP contribution in [0.4, 0.5) is 0 Å². The number of aliphatic hydroxyl groups is 1. The summed E-state index contributed by atoms with van der Waals surface area (Å²) in [6, 6.07) is 0. The minimum Gasteiger partial charge on any atom is -0.462 e. The predicted molar refractivity (Wildman–Crippen MR) is 205 cm³/mol. The fourth-order valence-corrected chi connectivity index (χ4v) is 6.01. The number of hydrogen-bond donors (Lipinski definition) is 1. The second-order valence-electron chi connectivity index (χ2n) is 14.1. The number of esters is 2. The maximum absolute atomic E-state index is 12.2. The highest BCUT2D eigenvalue weighted by atomic mass is 16.6. The molecule has 1 atom stereocenters. The molecule has 0 aromatic rings. The first-order valence-electron chi connectivity index (χ1n) is 20.9. The van der Waals surface area contributed by atoms with Crippen LogP contribution in [0.5, 0.6) is 0 Å². The molecular formula is C43H80O5. The van der Waals surface area contributed by atoms with Gasteiger partial charge in [-0.05, 0) is 64.2 Å². The molecule has 0 aromatic heterocycles. The summed E-state index contributed by atoms with van der Waals surface area (Å²) in [7, 11) is 0. The Morgan fingerprint density at radius 1 is 0.458 bits per heavy atom. The van der Waals surface area contributed by atoms with Gasteiger partial charge in [-0.2, -0.15) is 0 Å². The van der Waals surface area contributed by atoms with Gasteiger partial charge in [0.25, 0.3) is 0 Å². The molecule has 0 saturated heterocycles. The molecule has 0 saturated carbocycles. The molecule has 0 radical (unpaired) electrons. The third-order valence-electron chi connectivity index (χ3n) is 9.22. The van der Waals surface area contributed by atoms with E-state index in [1.807, 2.05) is 0 Å². The number of carbonyl (C=O) groups excluding carboxylic acids is 2. The number of allylic oxidation sites excluding steroid dienone is 4. The van der Waals surface area contributed by atoms with Crippen molar-refractivity contribution >= 4 is 11.9 Å². The van der Waals surface area contributed by atoms with E-state index >= 15 is 0 Å². The number of rotatable bonds is 38. The Bertz CT molecular complexity index is 731. The number of hydrogen-bond acceptors (Lipinski definition) is 5. The predicted octanol–water partition coefficient (Wildman–Crippen LogP) is 13.1. The standard InChI is InChI=1S/C43H80O5/c1-3-5-7-9-11-13-15-17-19-21-23-25-27-29-31-33-35-37-42(45)47-40-41(39-44)48-43(46)38-36-34-32-30-28-26-24-22-20-18-16-14-12-10-8-6-4-2/h17-20,41,44H,3-16,21-40H2,1-2H3/b19-17+,20-18+/t41-/m0/s1. The molecule has 0 fully saturated rings. The summed E-state index contributed by atoms with van der Waals surface area (Å²) in [5.74, 6) is -0.594. The van der Waals surface area contributed by atoms with Gasteiger partial charge >= 0.3 is 11.9 Å². The van der Waals surface area contributed by atoms with Crippen LogP contribution in [0.15, 0.2) is 24.3 Å². The molecule has 48 heavy (non-hydrogen) atoms. The van der Waals surface area contributed by atoms with Crippen molar-refractivity contribution in [1.29, 1.82) is 0 Å². The fraction of sp³-hybridized carbons (Fsp3) is 0.860. The molecule has 0 aliphatic rings. The van der Waals surface area contributed by atoms with Crippen molar-refractivity contribution in [2.24, 2.45) is 0 Å². The monoisotopic (exact) mass is 677 g/mol. The van der Waals surface area contributed by atoms with E-state index in [9.17, 15) is 14.7 Å². The van der Waals surface area contributed by atoms with Gasteiger partial charge in [0.2, 0.25) is 0 Å². The molecule has 0 aromatic carbocycles. The first-order valence-corrected chi connectivity index (χ1v) is 20.9. The Hall–Kier alpha value is -1.62. The smallest absolute Gasteiger partial charge is 0.306 e. The van der Waals surface area contributed by atoms with Gasteiger partial charge in [-0.1, -0.05) is 167 Å². The number of unbranched alkanes of at least 4 members (excludes halogenated alkanes) is 26. The summed E-state index contributed by atoms with van der Waals surface area (Å²) in [5, 5.41) is 9.56. The van der Waals surface area contributed by atoms with Crippen LogP contribution in [0.2, 0.25) is 0 Å². The van der Waals surface area contributed by atoms with Gasteiger partial charge in [-0.15, -0.1) is 0 Å². The van der Waals surface area contributed by atoms with Crippen LogP contribution in [-0.2, 0) is 19.1 Å². The summed E-state index contributed by atoms with van der Waals surface area (Å²) in [6.07, 6.45) is 46.7. The molecule has 0 amide bonds. The maximum Gasteiger partial charge on any atom is 0.306 e. The van der Waals surface area contributed by atoms with E-state index in [2.05, 4.69) is 38.2 Å². The van der Waals surface area contributed by atoms with E-state index < -0.39 is 6.10 Å². The number of ether oxygens (including phenoxy) is 2. The lowest BCUT2D eigenvalue weighted by atomic mass is 10.1. The molecule has 0 rings (SSSR count). The zero-order chi connectivity index (χ0) is 35.0. The zero-order valence-electron chi connectivity index (χ0n) is 32.0. The largest absolute Gasteiger partial charge is 0.462 e. The van der Waals surface area contributed by atoms with E-state index in [1.165, 1.54) is 154 Å².